The molecule has 0 radical (unpaired) electrons. The van der Waals surface area contributed by atoms with E-state index in [1.807, 2.05) is 32.2 Å². The number of nitro benzene ring substituents is 3. The molecule has 0 aliphatic heterocycles. The number of rotatable bonds is 6. The maximum atomic E-state index is 11.4. The molecule has 0 unspecified atom stereocenters. The van der Waals surface area contributed by atoms with Crippen molar-refractivity contribution in [2.24, 2.45) is 0 Å². The molecule has 0 bridgehead atoms. The second kappa shape index (κ2) is 7.50. The van der Waals surface area contributed by atoms with E-state index in [1.165, 1.54) is 12.2 Å². The highest BCUT2D eigenvalue weighted by molar-refractivity contribution is 5.88. The molecule has 0 amide bonds. The van der Waals surface area contributed by atoms with E-state index in [2.05, 4.69) is 4.57 Å². The summed E-state index contributed by atoms with van der Waals surface area (Å²) in [6.07, 6.45) is 4.78. The van der Waals surface area contributed by atoms with Gasteiger partial charge in [0.05, 0.1) is 26.9 Å². The Hall–Kier alpha value is -4.08. The highest BCUT2D eigenvalue weighted by Crippen LogP contribution is 2.35. The SMILES string of the molecule is CCn1cc(C)c2cc(C=Cc3c([N+](=O)[O-])cc([N+](=O)[O-])cc3[N+](=O)[O-])ccc21. The van der Waals surface area contributed by atoms with Gasteiger partial charge in [-0.2, -0.15) is 0 Å². The van der Waals surface area contributed by atoms with E-state index in [0.29, 0.717) is 5.56 Å². The highest BCUT2D eigenvalue weighted by atomic mass is 16.6. The van der Waals surface area contributed by atoms with Crippen molar-refractivity contribution in [3.05, 3.63) is 83.6 Å². The van der Waals surface area contributed by atoms with E-state index in [0.717, 1.165) is 35.1 Å². The van der Waals surface area contributed by atoms with Gasteiger partial charge in [-0.1, -0.05) is 12.1 Å². The van der Waals surface area contributed by atoms with Crippen LogP contribution in [0.15, 0.2) is 36.5 Å². The van der Waals surface area contributed by atoms with Gasteiger partial charge < -0.3 is 4.57 Å². The molecule has 3 aromatic rings. The van der Waals surface area contributed by atoms with Crippen molar-refractivity contribution in [3.8, 4) is 0 Å². The molecular weight excluding hydrogens is 380 g/mol. The van der Waals surface area contributed by atoms with E-state index in [9.17, 15) is 30.3 Å². The number of nitrogens with zero attached hydrogens (tertiary/aromatic N) is 4. The minimum absolute atomic E-state index is 0.298. The normalized spacial score (nSPS) is 11.2. The average molecular weight is 396 g/mol. The summed E-state index contributed by atoms with van der Waals surface area (Å²) in [5, 5.41) is 34.7. The van der Waals surface area contributed by atoms with Gasteiger partial charge in [0.25, 0.3) is 17.1 Å². The lowest BCUT2D eigenvalue weighted by molar-refractivity contribution is -0.403. The van der Waals surface area contributed by atoms with Crippen molar-refractivity contribution < 1.29 is 14.8 Å². The number of fused-ring (bicyclic) bond motifs is 1. The van der Waals surface area contributed by atoms with Crippen LogP contribution in [-0.4, -0.2) is 19.3 Å². The van der Waals surface area contributed by atoms with E-state index < -0.39 is 31.8 Å². The fraction of sp³-hybridized carbons (Fsp3) is 0.158. The number of nitro groups is 3. The molecule has 0 fully saturated rings. The van der Waals surface area contributed by atoms with Crippen LogP contribution < -0.4 is 0 Å². The van der Waals surface area contributed by atoms with E-state index in [1.54, 1.807) is 6.07 Å². The Morgan fingerprint density at radius 3 is 2.07 bits per heavy atom. The number of aryl methyl sites for hydroxylation is 2. The van der Waals surface area contributed by atoms with E-state index >= 15 is 0 Å². The minimum atomic E-state index is -0.900. The zero-order valence-electron chi connectivity index (χ0n) is 15.6. The van der Waals surface area contributed by atoms with Crippen LogP contribution in [0.2, 0.25) is 0 Å². The van der Waals surface area contributed by atoms with Crippen LogP contribution in [0.3, 0.4) is 0 Å². The highest BCUT2D eigenvalue weighted by Gasteiger charge is 2.28. The monoisotopic (exact) mass is 396 g/mol. The van der Waals surface area contributed by atoms with Crippen LogP contribution in [0.5, 0.6) is 0 Å². The number of aromatic nitrogens is 1. The molecule has 29 heavy (non-hydrogen) atoms. The molecular formula is C19H16N4O6. The smallest absolute Gasteiger partial charge is 0.290 e. The van der Waals surface area contributed by atoms with Gasteiger partial charge in [0, 0.05) is 23.6 Å². The largest absolute Gasteiger partial charge is 0.347 e. The Labute approximate surface area is 164 Å². The molecule has 10 heteroatoms. The summed E-state index contributed by atoms with van der Waals surface area (Å²) >= 11 is 0. The number of hydrogen-bond acceptors (Lipinski definition) is 6. The molecule has 2 aromatic carbocycles. The average Bonchev–Trinajstić information content (AvgIpc) is 3.00. The molecule has 0 aliphatic rings. The molecule has 3 rings (SSSR count). The molecule has 0 spiro atoms. The van der Waals surface area contributed by atoms with E-state index in [4.69, 9.17) is 0 Å². The summed E-state index contributed by atoms with van der Waals surface area (Å²) < 4.78 is 2.09. The number of non-ortho nitro benzene ring substituents is 1. The van der Waals surface area contributed by atoms with E-state index in [-0.39, 0.29) is 5.56 Å². The minimum Gasteiger partial charge on any atom is -0.347 e. The van der Waals surface area contributed by atoms with Crippen molar-refractivity contribution in [1.82, 2.24) is 4.57 Å². The molecule has 10 nitrogen and oxygen atoms in total. The van der Waals surface area contributed by atoms with Gasteiger partial charge in [0.1, 0.15) is 5.56 Å². The molecule has 1 heterocycles. The first-order chi connectivity index (χ1) is 13.7. The molecule has 0 N–H and O–H groups in total. The van der Waals surface area contributed by atoms with Gasteiger partial charge in [-0.25, -0.2) is 0 Å². The van der Waals surface area contributed by atoms with Gasteiger partial charge in [-0.05, 0) is 43.2 Å². The maximum Gasteiger partial charge on any atom is 0.290 e. The summed E-state index contributed by atoms with van der Waals surface area (Å²) in [6.45, 7) is 4.80. The first-order valence-electron chi connectivity index (χ1n) is 8.61. The lowest BCUT2D eigenvalue weighted by atomic mass is 10.1. The van der Waals surface area contributed by atoms with Crippen LogP contribution in [0, 0.1) is 37.3 Å². The molecule has 0 saturated heterocycles. The quantitative estimate of drug-likeness (QED) is 0.331. The Bertz CT molecular complexity index is 1160. The Morgan fingerprint density at radius 2 is 1.55 bits per heavy atom. The van der Waals surface area contributed by atoms with Crippen LogP contribution in [0.25, 0.3) is 23.1 Å². The summed E-state index contributed by atoms with van der Waals surface area (Å²) in [4.78, 5) is 31.1. The van der Waals surface area contributed by atoms with Gasteiger partial charge in [0.2, 0.25) is 0 Å². The lowest BCUT2D eigenvalue weighted by Crippen LogP contribution is -2.00. The van der Waals surface area contributed by atoms with Crippen molar-refractivity contribution in [3.63, 3.8) is 0 Å². The van der Waals surface area contributed by atoms with Crippen LogP contribution >= 0.6 is 0 Å². The zero-order valence-corrected chi connectivity index (χ0v) is 15.6. The summed E-state index contributed by atoms with van der Waals surface area (Å²) in [7, 11) is 0. The van der Waals surface area contributed by atoms with Gasteiger partial charge in [0.15, 0.2) is 0 Å². The van der Waals surface area contributed by atoms with Crippen molar-refractivity contribution in [2.45, 2.75) is 20.4 Å². The summed E-state index contributed by atoms with van der Waals surface area (Å²) in [5.74, 6) is 0. The number of hydrogen-bond donors (Lipinski definition) is 0. The lowest BCUT2D eigenvalue weighted by Gasteiger charge is -2.02. The van der Waals surface area contributed by atoms with Crippen molar-refractivity contribution >= 4 is 40.1 Å². The first kappa shape index (κ1) is 19.7. The molecule has 0 saturated carbocycles. The number of benzene rings is 2. The van der Waals surface area contributed by atoms with Crippen LogP contribution in [0.4, 0.5) is 17.1 Å². The van der Waals surface area contributed by atoms with Gasteiger partial charge in [-0.3, -0.25) is 30.3 Å². The summed E-state index contributed by atoms with van der Waals surface area (Å²) in [6, 6.07) is 7.04. The molecule has 148 valence electrons. The third-order valence-electron chi connectivity index (χ3n) is 4.61. The van der Waals surface area contributed by atoms with Crippen LogP contribution in [-0.2, 0) is 6.54 Å². The predicted molar refractivity (Wildman–Crippen MR) is 108 cm³/mol. The van der Waals surface area contributed by atoms with Crippen molar-refractivity contribution in [2.75, 3.05) is 0 Å². The zero-order chi connectivity index (χ0) is 21.3. The maximum absolute atomic E-state index is 11.4. The predicted octanol–water partition coefficient (Wildman–Crippen LogP) is 4.86. The fourth-order valence-corrected chi connectivity index (χ4v) is 3.22. The molecule has 1 aromatic heterocycles. The standard InChI is InChI=1S/C19H16N4O6/c1-3-20-11-12(2)16-8-13(5-7-17(16)20)4-6-15-18(22(26)27)9-14(21(24)25)10-19(15)23(28)29/h4-11H,3H2,1-2H3. The van der Waals surface area contributed by atoms with Gasteiger partial charge >= 0.3 is 0 Å². The topological polar surface area (TPSA) is 134 Å². The second-order valence-electron chi connectivity index (χ2n) is 6.38. The molecule has 0 aliphatic carbocycles. The van der Waals surface area contributed by atoms with Gasteiger partial charge in [-0.15, -0.1) is 0 Å². The Morgan fingerprint density at radius 1 is 0.931 bits per heavy atom. The third-order valence-corrected chi connectivity index (χ3v) is 4.61. The molecule has 0 atom stereocenters. The van der Waals surface area contributed by atoms with Crippen LogP contribution in [0.1, 0.15) is 23.6 Å². The Balaban J connectivity index is 2.13. The van der Waals surface area contributed by atoms with Crippen molar-refractivity contribution in [1.29, 1.82) is 0 Å². The summed E-state index contributed by atoms with van der Waals surface area (Å²) in [5.41, 5.74) is 0.385. The first-order valence-corrected chi connectivity index (χ1v) is 8.61. The third kappa shape index (κ3) is 3.68. The second-order valence-corrected chi connectivity index (χ2v) is 6.38. The fourth-order valence-electron chi connectivity index (χ4n) is 3.22. The Kier molecular flexibility index (Phi) is 5.09.